The zero-order chi connectivity index (χ0) is 12.3. The van der Waals surface area contributed by atoms with Crippen LogP contribution in [-0.2, 0) is 12.6 Å². The van der Waals surface area contributed by atoms with Crippen LogP contribution in [0.15, 0.2) is 48.7 Å². The highest BCUT2D eigenvalue weighted by Crippen LogP contribution is 2.29. The summed E-state index contributed by atoms with van der Waals surface area (Å²) in [5, 5.41) is 0. The van der Waals surface area contributed by atoms with Crippen molar-refractivity contribution in [3.8, 4) is 0 Å². The molecule has 17 heavy (non-hydrogen) atoms. The fraction of sp³-hybridized carbons (Fsp3) is 0.154. The lowest BCUT2D eigenvalue weighted by molar-refractivity contribution is -0.137. The molecule has 0 unspecified atom stereocenters. The van der Waals surface area contributed by atoms with E-state index in [9.17, 15) is 13.2 Å². The van der Waals surface area contributed by atoms with Crippen LogP contribution in [0, 0.1) is 0 Å². The first-order chi connectivity index (χ1) is 8.05. The average molecular weight is 237 g/mol. The molecule has 88 valence electrons. The second-order valence-electron chi connectivity index (χ2n) is 3.69. The van der Waals surface area contributed by atoms with E-state index in [0.717, 1.165) is 23.4 Å². The molecule has 2 aromatic rings. The number of alkyl halides is 3. The van der Waals surface area contributed by atoms with Crippen LogP contribution in [0.5, 0.6) is 0 Å². The number of aromatic nitrogens is 1. The highest BCUT2D eigenvalue weighted by atomic mass is 19.4. The fourth-order valence-electron chi connectivity index (χ4n) is 1.52. The second kappa shape index (κ2) is 4.57. The van der Waals surface area contributed by atoms with Crippen molar-refractivity contribution in [2.24, 2.45) is 0 Å². The second-order valence-corrected chi connectivity index (χ2v) is 3.69. The van der Waals surface area contributed by atoms with Crippen LogP contribution in [0.1, 0.15) is 16.8 Å². The quantitative estimate of drug-likeness (QED) is 0.776. The van der Waals surface area contributed by atoms with E-state index in [4.69, 9.17) is 0 Å². The Kier molecular flexibility index (Phi) is 3.13. The lowest BCUT2D eigenvalue weighted by Crippen LogP contribution is -2.04. The summed E-state index contributed by atoms with van der Waals surface area (Å²) in [5.74, 6) is 0. The maximum absolute atomic E-state index is 12.3. The van der Waals surface area contributed by atoms with E-state index in [0.29, 0.717) is 6.42 Å². The zero-order valence-electron chi connectivity index (χ0n) is 8.91. The summed E-state index contributed by atoms with van der Waals surface area (Å²) in [4.78, 5) is 4.12. The maximum atomic E-state index is 12.3. The first-order valence-electron chi connectivity index (χ1n) is 5.12. The van der Waals surface area contributed by atoms with Crippen molar-refractivity contribution in [2.45, 2.75) is 12.6 Å². The van der Waals surface area contributed by atoms with Crippen molar-refractivity contribution >= 4 is 0 Å². The molecule has 0 aliphatic rings. The minimum atomic E-state index is -4.27. The summed E-state index contributed by atoms with van der Waals surface area (Å²) < 4.78 is 37.0. The largest absolute Gasteiger partial charge is 0.416 e. The predicted octanol–water partition coefficient (Wildman–Crippen LogP) is 3.69. The molecule has 1 nitrogen and oxygen atoms in total. The lowest BCUT2D eigenvalue weighted by atomic mass is 10.1. The summed E-state index contributed by atoms with van der Waals surface area (Å²) in [5.41, 5.74) is 1.03. The van der Waals surface area contributed by atoms with Gasteiger partial charge in [-0.25, -0.2) is 0 Å². The van der Waals surface area contributed by atoms with Gasteiger partial charge in [0, 0.05) is 18.3 Å². The number of rotatable bonds is 2. The van der Waals surface area contributed by atoms with E-state index < -0.39 is 11.7 Å². The Morgan fingerprint density at radius 3 is 2.18 bits per heavy atom. The van der Waals surface area contributed by atoms with Crippen LogP contribution in [0.4, 0.5) is 13.2 Å². The molecule has 0 atom stereocenters. The van der Waals surface area contributed by atoms with Gasteiger partial charge < -0.3 is 0 Å². The molecule has 0 fully saturated rings. The van der Waals surface area contributed by atoms with E-state index in [1.807, 2.05) is 12.1 Å². The normalized spacial score (nSPS) is 11.5. The van der Waals surface area contributed by atoms with Gasteiger partial charge in [-0.15, -0.1) is 0 Å². The molecule has 0 aliphatic heterocycles. The third kappa shape index (κ3) is 3.06. The van der Waals surface area contributed by atoms with Crippen molar-refractivity contribution < 1.29 is 13.2 Å². The van der Waals surface area contributed by atoms with Crippen molar-refractivity contribution in [3.63, 3.8) is 0 Å². The Morgan fingerprint density at radius 2 is 1.65 bits per heavy atom. The molecule has 0 spiro atoms. The average Bonchev–Trinajstić information content (AvgIpc) is 2.30. The molecule has 0 N–H and O–H groups in total. The van der Waals surface area contributed by atoms with Crippen molar-refractivity contribution in [1.29, 1.82) is 0 Å². The summed E-state index contributed by atoms with van der Waals surface area (Å²) in [7, 11) is 0. The molecule has 0 saturated carbocycles. The van der Waals surface area contributed by atoms with Crippen LogP contribution in [-0.4, -0.2) is 4.98 Å². The molecule has 0 bridgehead atoms. The van der Waals surface area contributed by atoms with E-state index in [2.05, 4.69) is 4.98 Å². The molecule has 2 rings (SSSR count). The number of hydrogen-bond donors (Lipinski definition) is 0. The predicted molar refractivity (Wildman–Crippen MR) is 58.5 cm³/mol. The molecule has 4 heteroatoms. The third-order valence-corrected chi connectivity index (χ3v) is 2.39. The number of nitrogens with zero attached hydrogens (tertiary/aromatic N) is 1. The van der Waals surface area contributed by atoms with Gasteiger partial charge in [0.25, 0.3) is 0 Å². The summed E-state index contributed by atoms with van der Waals surface area (Å²) >= 11 is 0. The molecule has 1 aromatic heterocycles. The minimum absolute atomic E-state index is 0.541. The van der Waals surface area contributed by atoms with E-state index >= 15 is 0 Å². The SMILES string of the molecule is FC(F)(F)c1ccc(Cc2ccccn2)cc1. The molecule has 0 saturated heterocycles. The van der Waals surface area contributed by atoms with Crippen LogP contribution < -0.4 is 0 Å². The van der Waals surface area contributed by atoms with E-state index in [1.54, 1.807) is 12.3 Å². The van der Waals surface area contributed by atoms with Gasteiger partial charge in [-0.3, -0.25) is 4.98 Å². The Balaban J connectivity index is 2.14. The van der Waals surface area contributed by atoms with Gasteiger partial charge in [0.05, 0.1) is 5.56 Å². The highest BCUT2D eigenvalue weighted by Gasteiger charge is 2.29. The van der Waals surface area contributed by atoms with Crippen molar-refractivity contribution in [3.05, 3.63) is 65.5 Å². The Morgan fingerprint density at radius 1 is 0.941 bits per heavy atom. The smallest absolute Gasteiger partial charge is 0.261 e. The summed E-state index contributed by atoms with van der Waals surface area (Å²) in [6.07, 6.45) is -2.07. The van der Waals surface area contributed by atoms with Crippen LogP contribution in [0.25, 0.3) is 0 Å². The number of pyridine rings is 1. The minimum Gasteiger partial charge on any atom is -0.261 e. The zero-order valence-corrected chi connectivity index (χ0v) is 8.91. The van der Waals surface area contributed by atoms with Gasteiger partial charge in [-0.05, 0) is 29.8 Å². The van der Waals surface area contributed by atoms with Crippen molar-refractivity contribution in [1.82, 2.24) is 4.98 Å². The first-order valence-corrected chi connectivity index (χ1v) is 5.12. The van der Waals surface area contributed by atoms with Gasteiger partial charge >= 0.3 is 6.18 Å². The Labute approximate surface area is 96.9 Å². The first kappa shape index (κ1) is 11.6. The Bertz CT molecular complexity index is 474. The number of benzene rings is 1. The number of hydrogen-bond acceptors (Lipinski definition) is 1. The van der Waals surface area contributed by atoms with Crippen LogP contribution in [0.3, 0.4) is 0 Å². The van der Waals surface area contributed by atoms with Crippen LogP contribution >= 0.6 is 0 Å². The van der Waals surface area contributed by atoms with Gasteiger partial charge in [0.15, 0.2) is 0 Å². The Hall–Kier alpha value is -1.84. The summed E-state index contributed by atoms with van der Waals surface area (Å²) in [6, 6.07) is 10.7. The summed E-state index contributed by atoms with van der Waals surface area (Å²) in [6.45, 7) is 0. The molecule has 1 heterocycles. The lowest BCUT2D eigenvalue weighted by Gasteiger charge is -2.07. The van der Waals surface area contributed by atoms with Gasteiger partial charge in [-0.2, -0.15) is 13.2 Å². The third-order valence-electron chi connectivity index (χ3n) is 2.39. The molecule has 0 radical (unpaired) electrons. The molecule has 1 aromatic carbocycles. The maximum Gasteiger partial charge on any atom is 0.416 e. The van der Waals surface area contributed by atoms with Crippen LogP contribution in [0.2, 0.25) is 0 Å². The highest BCUT2D eigenvalue weighted by molar-refractivity contribution is 5.27. The standard InChI is InChI=1S/C13H10F3N/c14-13(15,16)11-6-4-10(5-7-11)9-12-3-1-2-8-17-12/h1-8H,9H2. The van der Waals surface area contributed by atoms with Gasteiger partial charge in [-0.1, -0.05) is 18.2 Å². The van der Waals surface area contributed by atoms with E-state index in [-0.39, 0.29) is 0 Å². The topological polar surface area (TPSA) is 12.9 Å². The molecule has 0 amide bonds. The van der Waals surface area contributed by atoms with Crippen molar-refractivity contribution in [2.75, 3.05) is 0 Å². The van der Waals surface area contributed by atoms with Gasteiger partial charge in [0.1, 0.15) is 0 Å². The number of halogens is 3. The molecule has 0 aliphatic carbocycles. The molecular weight excluding hydrogens is 227 g/mol. The fourth-order valence-corrected chi connectivity index (χ4v) is 1.52. The molecular formula is C13H10F3N. The monoisotopic (exact) mass is 237 g/mol. The van der Waals surface area contributed by atoms with Gasteiger partial charge in [0.2, 0.25) is 0 Å². The van der Waals surface area contributed by atoms with E-state index in [1.165, 1.54) is 12.1 Å².